The van der Waals surface area contributed by atoms with Gasteiger partial charge in [-0.15, -0.1) is 10.2 Å². The van der Waals surface area contributed by atoms with Crippen molar-refractivity contribution >= 4 is 44.8 Å². The maximum absolute atomic E-state index is 12.1. The standard InChI is InChI=1S/C23H20N4O2S/c1-4-27-18-8-6-5-7-17(18)20-22(27)24-23(26-25-20)30-12-15-11-19(28)29-21-14(3)13(2)9-10-16(15)21/h5-11H,4,12H2,1-3H3. The predicted octanol–water partition coefficient (Wildman–Crippen LogP) is 5.01. The zero-order valence-corrected chi connectivity index (χ0v) is 17.8. The van der Waals surface area contributed by atoms with Gasteiger partial charge in [-0.2, -0.15) is 0 Å². The van der Waals surface area contributed by atoms with Gasteiger partial charge in [0.1, 0.15) is 11.1 Å². The minimum absolute atomic E-state index is 0.340. The van der Waals surface area contributed by atoms with Crippen molar-refractivity contribution in [1.29, 1.82) is 0 Å². The number of hydrogen-bond acceptors (Lipinski definition) is 6. The second-order valence-electron chi connectivity index (χ2n) is 7.29. The van der Waals surface area contributed by atoms with Gasteiger partial charge in [0.05, 0.1) is 5.52 Å². The average Bonchev–Trinajstić information content (AvgIpc) is 3.07. The molecule has 0 saturated carbocycles. The lowest BCUT2D eigenvalue weighted by molar-refractivity contribution is 0.557. The van der Waals surface area contributed by atoms with Crippen LogP contribution in [-0.4, -0.2) is 19.7 Å². The first-order valence-corrected chi connectivity index (χ1v) is 10.8. The molecule has 6 nitrogen and oxygen atoms in total. The number of benzene rings is 2. The molecule has 0 aliphatic heterocycles. The quantitative estimate of drug-likeness (QED) is 0.303. The highest BCUT2D eigenvalue weighted by molar-refractivity contribution is 7.98. The maximum Gasteiger partial charge on any atom is 0.336 e. The van der Waals surface area contributed by atoms with Crippen LogP contribution in [0.25, 0.3) is 33.0 Å². The van der Waals surface area contributed by atoms with E-state index in [4.69, 9.17) is 9.40 Å². The highest BCUT2D eigenvalue weighted by Gasteiger charge is 2.15. The summed E-state index contributed by atoms with van der Waals surface area (Å²) in [6.45, 7) is 6.89. The number of thioether (sulfide) groups is 1. The number of hydrogen-bond donors (Lipinski definition) is 0. The van der Waals surface area contributed by atoms with Gasteiger partial charge >= 0.3 is 5.63 Å². The minimum Gasteiger partial charge on any atom is -0.422 e. The molecule has 0 unspecified atom stereocenters. The second-order valence-corrected chi connectivity index (χ2v) is 8.23. The van der Waals surface area contributed by atoms with E-state index in [0.717, 1.165) is 50.7 Å². The number of nitrogens with zero attached hydrogens (tertiary/aromatic N) is 4. The van der Waals surface area contributed by atoms with E-state index in [0.29, 0.717) is 16.5 Å². The number of fused-ring (bicyclic) bond motifs is 4. The number of aryl methyl sites for hydroxylation is 3. The number of para-hydroxylation sites is 1. The molecule has 7 heteroatoms. The fourth-order valence-electron chi connectivity index (χ4n) is 3.86. The van der Waals surface area contributed by atoms with Crippen molar-refractivity contribution in [2.24, 2.45) is 0 Å². The van der Waals surface area contributed by atoms with Crippen LogP contribution in [0, 0.1) is 13.8 Å². The van der Waals surface area contributed by atoms with E-state index in [1.807, 2.05) is 38.1 Å². The van der Waals surface area contributed by atoms with Crippen molar-refractivity contribution in [2.75, 3.05) is 0 Å². The third-order valence-electron chi connectivity index (χ3n) is 5.54. The Morgan fingerprint density at radius 2 is 1.90 bits per heavy atom. The second kappa shape index (κ2) is 7.25. The largest absolute Gasteiger partial charge is 0.422 e. The van der Waals surface area contributed by atoms with Crippen molar-refractivity contribution in [3.63, 3.8) is 0 Å². The van der Waals surface area contributed by atoms with Crippen molar-refractivity contribution in [3.8, 4) is 0 Å². The minimum atomic E-state index is -0.340. The van der Waals surface area contributed by atoms with Gasteiger partial charge in [-0.3, -0.25) is 0 Å². The molecule has 0 radical (unpaired) electrons. The molecule has 30 heavy (non-hydrogen) atoms. The molecule has 0 amide bonds. The Labute approximate surface area is 176 Å². The molecule has 0 aliphatic carbocycles. The molecule has 2 aromatic carbocycles. The summed E-state index contributed by atoms with van der Waals surface area (Å²) >= 11 is 1.47. The van der Waals surface area contributed by atoms with Gasteiger partial charge < -0.3 is 8.98 Å². The van der Waals surface area contributed by atoms with E-state index < -0.39 is 0 Å². The third kappa shape index (κ3) is 2.97. The molecule has 0 atom stereocenters. The fourth-order valence-corrected chi connectivity index (χ4v) is 4.63. The van der Waals surface area contributed by atoms with Crippen molar-refractivity contribution in [3.05, 3.63) is 69.6 Å². The first kappa shape index (κ1) is 18.8. The maximum atomic E-state index is 12.1. The Morgan fingerprint density at radius 3 is 2.73 bits per heavy atom. The summed E-state index contributed by atoms with van der Waals surface area (Å²) in [4.78, 5) is 16.9. The molecule has 0 bridgehead atoms. The molecule has 3 heterocycles. The molecule has 0 N–H and O–H groups in total. The van der Waals surface area contributed by atoms with Crippen LogP contribution in [0.2, 0.25) is 0 Å². The van der Waals surface area contributed by atoms with Crippen LogP contribution in [0.3, 0.4) is 0 Å². The Kier molecular flexibility index (Phi) is 4.55. The molecule has 3 aromatic heterocycles. The van der Waals surface area contributed by atoms with Gasteiger partial charge in [-0.25, -0.2) is 9.78 Å². The molecule has 5 aromatic rings. The summed E-state index contributed by atoms with van der Waals surface area (Å²) in [5.74, 6) is 0.560. The monoisotopic (exact) mass is 416 g/mol. The van der Waals surface area contributed by atoms with Crippen LogP contribution in [0.15, 0.2) is 56.8 Å². The van der Waals surface area contributed by atoms with Gasteiger partial charge in [0.2, 0.25) is 5.16 Å². The predicted molar refractivity (Wildman–Crippen MR) is 120 cm³/mol. The molecule has 0 saturated heterocycles. The van der Waals surface area contributed by atoms with E-state index in [-0.39, 0.29) is 5.63 Å². The van der Waals surface area contributed by atoms with Gasteiger partial charge in [-0.1, -0.05) is 42.1 Å². The summed E-state index contributed by atoms with van der Waals surface area (Å²) in [5.41, 5.74) is 6.06. The van der Waals surface area contributed by atoms with Gasteiger partial charge in [0.15, 0.2) is 5.65 Å². The Morgan fingerprint density at radius 1 is 1.07 bits per heavy atom. The number of rotatable bonds is 4. The van der Waals surface area contributed by atoms with Gasteiger partial charge in [0, 0.05) is 29.1 Å². The van der Waals surface area contributed by atoms with Crippen LogP contribution in [0.1, 0.15) is 23.6 Å². The van der Waals surface area contributed by atoms with E-state index in [9.17, 15) is 4.79 Å². The first-order valence-electron chi connectivity index (χ1n) is 9.84. The molecule has 150 valence electrons. The number of aromatic nitrogens is 4. The molecule has 0 fully saturated rings. The smallest absolute Gasteiger partial charge is 0.336 e. The SMILES string of the molecule is CCn1c2ccccc2c2nnc(SCc3cc(=O)oc4c(C)c(C)ccc34)nc21. The Bertz CT molecular complexity index is 1490. The molecule has 0 spiro atoms. The molecular formula is C23H20N4O2S. The highest BCUT2D eigenvalue weighted by Crippen LogP contribution is 2.30. The van der Waals surface area contributed by atoms with Crippen LogP contribution in [0.5, 0.6) is 0 Å². The van der Waals surface area contributed by atoms with Crippen LogP contribution >= 0.6 is 11.8 Å². The van der Waals surface area contributed by atoms with Crippen LogP contribution in [0.4, 0.5) is 0 Å². The summed E-state index contributed by atoms with van der Waals surface area (Å²) in [6.07, 6.45) is 0. The molecule has 0 aliphatic rings. The van der Waals surface area contributed by atoms with E-state index >= 15 is 0 Å². The molecule has 5 rings (SSSR count). The zero-order chi connectivity index (χ0) is 20.8. The summed E-state index contributed by atoms with van der Waals surface area (Å²) in [7, 11) is 0. The van der Waals surface area contributed by atoms with Crippen LogP contribution < -0.4 is 5.63 Å². The molecular weight excluding hydrogens is 396 g/mol. The third-order valence-corrected chi connectivity index (χ3v) is 6.43. The van der Waals surface area contributed by atoms with Crippen LogP contribution in [-0.2, 0) is 12.3 Å². The van der Waals surface area contributed by atoms with E-state index in [1.165, 1.54) is 11.8 Å². The average molecular weight is 417 g/mol. The lowest BCUT2D eigenvalue weighted by Gasteiger charge is -2.08. The lowest BCUT2D eigenvalue weighted by atomic mass is 10.0. The van der Waals surface area contributed by atoms with Gasteiger partial charge in [-0.05, 0) is 43.5 Å². The fraction of sp³-hybridized carbons (Fsp3) is 0.217. The van der Waals surface area contributed by atoms with Crippen molar-refractivity contribution in [1.82, 2.24) is 19.7 Å². The Hall–Kier alpha value is -3.19. The van der Waals surface area contributed by atoms with Crippen molar-refractivity contribution in [2.45, 2.75) is 38.2 Å². The van der Waals surface area contributed by atoms with E-state index in [2.05, 4.69) is 33.8 Å². The topological polar surface area (TPSA) is 73.8 Å². The first-order chi connectivity index (χ1) is 14.6. The summed E-state index contributed by atoms with van der Waals surface area (Å²) in [6, 6.07) is 13.8. The van der Waals surface area contributed by atoms with Gasteiger partial charge in [0.25, 0.3) is 0 Å². The summed E-state index contributed by atoms with van der Waals surface area (Å²) in [5, 5.41) is 11.4. The van der Waals surface area contributed by atoms with E-state index in [1.54, 1.807) is 6.07 Å². The summed E-state index contributed by atoms with van der Waals surface area (Å²) < 4.78 is 7.63. The van der Waals surface area contributed by atoms with Crippen molar-refractivity contribution < 1.29 is 4.42 Å². The normalized spacial score (nSPS) is 11.7. The zero-order valence-electron chi connectivity index (χ0n) is 17.0. The Balaban J connectivity index is 1.55. The highest BCUT2D eigenvalue weighted by atomic mass is 32.2. The lowest BCUT2D eigenvalue weighted by Crippen LogP contribution is -2.02.